The highest BCUT2D eigenvalue weighted by Crippen LogP contribution is 2.19. The number of aromatic nitrogens is 1. The monoisotopic (exact) mass is 228 g/mol. The summed E-state index contributed by atoms with van der Waals surface area (Å²) in [6.07, 6.45) is 2.80. The molecule has 0 bridgehead atoms. The molecule has 1 aliphatic heterocycles. The summed E-state index contributed by atoms with van der Waals surface area (Å²) >= 11 is 0. The van der Waals surface area contributed by atoms with E-state index in [1.807, 2.05) is 0 Å². The predicted molar refractivity (Wildman–Crippen MR) is 53.6 cm³/mol. The maximum atomic E-state index is 12.0. The van der Waals surface area contributed by atoms with Crippen molar-refractivity contribution in [2.24, 2.45) is 0 Å². The van der Waals surface area contributed by atoms with Crippen LogP contribution in [0.4, 0.5) is 0 Å². The zero-order chi connectivity index (χ0) is 10.9. The molecule has 1 aromatic rings. The lowest BCUT2D eigenvalue weighted by molar-refractivity contribution is 0.189. The Hall–Kier alpha value is -0.980. The number of hydrogen-bond donors (Lipinski definition) is 1. The minimum atomic E-state index is -3.46. The van der Waals surface area contributed by atoms with E-state index in [4.69, 9.17) is 0 Å². The molecule has 6 heteroatoms. The molecule has 82 valence electrons. The van der Waals surface area contributed by atoms with Crippen molar-refractivity contribution < 1.29 is 13.5 Å². The lowest BCUT2D eigenvalue weighted by Crippen LogP contribution is -2.29. The summed E-state index contributed by atoms with van der Waals surface area (Å²) in [5.41, 5.74) is 0. The number of pyridine rings is 1. The van der Waals surface area contributed by atoms with E-state index in [2.05, 4.69) is 4.98 Å². The van der Waals surface area contributed by atoms with Crippen LogP contribution in [0.5, 0.6) is 0 Å². The van der Waals surface area contributed by atoms with Gasteiger partial charge in [0.15, 0.2) is 0 Å². The Kier molecular flexibility index (Phi) is 2.72. The fraction of sp³-hybridized carbons (Fsp3) is 0.444. The molecule has 1 aliphatic rings. The molecule has 2 heterocycles. The van der Waals surface area contributed by atoms with Crippen LogP contribution < -0.4 is 0 Å². The number of aliphatic hydroxyl groups excluding tert-OH is 1. The molecule has 15 heavy (non-hydrogen) atoms. The SMILES string of the molecule is O=S(=O)(c1cccnc1)N1CCC(O)C1. The summed E-state index contributed by atoms with van der Waals surface area (Å²) in [7, 11) is -3.46. The highest BCUT2D eigenvalue weighted by Gasteiger charge is 2.31. The third-order valence-electron chi connectivity index (χ3n) is 2.40. The topological polar surface area (TPSA) is 70.5 Å². The average Bonchev–Trinajstić information content (AvgIpc) is 2.67. The van der Waals surface area contributed by atoms with Gasteiger partial charge >= 0.3 is 0 Å². The molecule has 1 saturated heterocycles. The summed E-state index contributed by atoms with van der Waals surface area (Å²) in [4.78, 5) is 3.95. The van der Waals surface area contributed by atoms with Crippen molar-refractivity contribution >= 4 is 10.0 Å². The minimum absolute atomic E-state index is 0.178. The van der Waals surface area contributed by atoms with Gasteiger partial charge in [0.05, 0.1) is 6.10 Å². The molecule has 1 aromatic heterocycles. The van der Waals surface area contributed by atoms with Gasteiger partial charge in [-0.15, -0.1) is 0 Å². The van der Waals surface area contributed by atoms with Crippen molar-refractivity contribution in [2.45, 2.75) is 17.4 Å². The Bertz CT molecular complexity index is 432. The highest BCUT2D eigenvalue weighted by molar-refractivity contribution is 7.89. The molecule has 1 atom stereocenters. The molecule has 1 fully saturated rings. The first-order valence-corrected chi connectivity index (χ1v) is 6.13. The molecule has 0 amide bonds. The first kappa shape index (κ1) is 10.5. The van der Waals surface area contributed by atoms with Gasteiger partial charge in [0.2, 0.25) is 10.0 Å². The van der Waals surface area contributed by atoms with E-state index in [0.717, 1.165) is 0 Å². The van der Waals surface area contributed by atoms with E-state index in [0.29, 0.717) is 13.0 Å². The van der Waals surface area contributed by atoms with E-state index in [1.54, 1.807) is 6.07 Å². The first-order chi connectivity index (χ1) is 7.10. The maximum absolute atomic E-state index is 12.0. The van der Waals surface area contributed by atoms with Gasteiger partial charge < -0.3 is 5.11 Å². The fourth-order valence-corrected chi connectivity index (χ4v) is 3.03. The molecular weight excluding hydrogens is 216 g/mol. The zero-order valence-corrected chi connectivity index (χ0v) is 8.89. The third kappa shape index (κ3) is 2.01. The van der Waals surface area contributed by atoms with Crippen molar-refractivity contribution in [1.29, 1.82) is 0 Å². The summed E-state index contributed by atoms with van der Waals surface area (Å²) in [5.74, 6) is 0. The molecule has 0 aromatic carbocycles. The second-order valence-corrected chi connectivity index (χ2v) is 5.43. The summed E-state index contributed by atoms with van der Waals surface area (Å²) < 4.78 is 25.2. The second kappa shape index (κ2) is 3.88. The number of hydrogen-bond acceptors (Lipinski definition) is 4. The number of rotatable bonds is 2. The Balaban J connectivity index is 2.28. The van der Waals surface area contributed by atoms with Gasteiger partial charge in [-0.3, -0.25) is 4.98 Å². The molecule has 1 unspecified atom stereocenters. The lowest BCUT2D eigenvalue weighted by atomic mass is 10.3. The first-order valence-electron chi connectivity index (χ1n) is 4.69. The molecule has 0 spiro atoms. The van der Waals surface area contributed by atoms with Gasteiger partial charge in [0.25, 0.3) is 0 Å². The Morgan fingerprint density at radius 2 is 2.33 bits per heavy atom. The minimum Gasteiger partial charge on any atom is -0.392 e. The van der Waals surface area contributed by atoms with Crippen molar-refractivity contribution in [2.75, 3.05) is 13.1 Å². The van der Waals surface area contributed by atoms with Gasteiger partial charge in [-0.05, 0) is 18.6 Å². The standard InChI is InChI=1S/C9H12N2O3S/c12-8-3-5-11(7-8)15(13,14)9-2-1-4-10-6-9/h1-2,4,6,8,12H,3,5,7H2. The number of β-amino-alcohol motifs (C(OH)–C–C–N with tert-alkyl or cyclic N) is 1. The Labute approximate surface area is 88.4 Å². The second-order valence-electron chi connectivity index (χ2n) is 3.49. The normalized spacial score (nSPS) is 23.1. The largest absolute Gasteiger partial charge is 0.392 e. The van der Waals surface area contributed by atoms with Crippen LogP contribution in [0.15, 0.2) is 29.4 Å². The maximum Gasteiger partial charge on any atom is 0.244 e. The number of aliphatic hydroxyl groups is 1. The van der Waals surface area contributed by atoms with Crippen LogP contribution in [-0.4, -0.2) is 42.0 Å². The van der Waals surface area contributed by atoms with E-state index in [1.165, 1.54) is 22.8 Å². The van der Waals surface area contributed by atoms with Crippen LogP contribution in [0.3, 0.4) is 0 Å². The zero-order valence-electron chi connectivity index (χ0n) is 8.07. The molecule has 1 N–H and O–H groups in total. The van der Waals surface area contributed by atoms with Crippen molar-refractivity contribution in [3.8, 4) is 0 Å². The van der Waals surface area contributed by atoms with Crippen LogP contribution in [0.25, 0.3) is 0 Å². The average molecular weight is 228 g/mol. The van der Waals surface area contributed by atoms with Gasteiger partial charge in [0, 0.05) is 25.5 Å². The van der Waals surface area contributed by atoms with Crippen LogP contribution >= 0.6 is 0 Å². The van der Waals surface area contributed by atoms with Crippen LogP contribution in [0.2, 0.25) is 0 Å². The quantitative estimate of drug-likeness (QED) is 0.763. The molecule has 0 radical (unpaired) electrons. The predicted octanol–water partition coefficient (Wildman–Crippen LogP) is -0.163. The van der Waals surface area contributed by atoms with E-state index < -0.39 is 16.1 Å². The van der Waals surface area contributed by atoms with Crippen LogP contribution in [0.1, 0.15) is 6.42 Å². The van der Waals surface area contributed by atoms with Gasteiger partial charge in [-0.2, -0.15) is 4.31 Å². The van der Waals surface area contributed by atoms with Gasteiger partial charge in [-0.1, -0.05) is 0 Å². The molecule has 2 rings (SSSR count). The summed E-state index contributed by atoms with van der Waals surface area (Å²) in [6, 6.07) is 3.09. The molecule has 0 aliphatic carbocycles. The fourth-order valence-electron chi connectivity index (χ4n) is 1.58. The Morgan fingerprint density at radius 3 is 2.87 bits per heavy atom. The van der Waals surface area contributed by atoms with Gasteiger partial charge in [0.1, 0.15) is 4.90 Å². The van der Waals surface area contributed by atoms with E-state index >= 15 is 0 Å². The van der Waals surface area contributed by atoms with E-state index in [-0.39, 0.29) is 11.4 Å². The van der Waals surface area contributed by atoms with Crippen LogP contribution in [0, 0.1) is 0 Å². The Morgan fingerprint density at radius 1 is 1.53 bits per heavy atom. The summed E-state index contributed by atoms with van der Waals surface area (Å²) in [6.45, 7) is 0.551. The van der Waals surface area contributed by atoms with Gasteiger partial charge in [-0.25, -0.2) is 8.42 Å². The summed E-state index contributed by atoms with van der Waals surface area (Å²) in [5, 5.41) is 9.29. The lowest BCUT2D eigenvalue weighted by Gasteiger charge is -2.14. The molecule has 0 saturated carbocycles. The smallest absolute Gasteiger partial charge is 0.244 e. The molecular formula is C9H12N2O3S. The molecule has 5 nitrogen and oxygen atoms in total. The highest BCUT2D eigenvalue weighted by atomic mass is 32.2. The van der Waals surface area contributed by atoms with Crippen molar-refractivity contribution in [3.63, 3.8) is 0 Å². The van der Waals surface area contributed by atoms with Crippen molar-refractivity contribution in [3.05, 3.63) is 24.5 Å². The number of sulfonamides is 1. The number of nitrogens with zero attached hydrogens (tertiary/aromatic N) is 2. The van der Waals surface area contributed by atoms with Crippen LogP contribution in [-0.2, 0) is 10.0 Å². The third-order valence-corrected chi connectivity index (χ3v) is 4.25. The van der Waals surface area contributed by atoms with Crippen molar-refractivity contribution in [1.82, 2.24) is 9.29 Å². The van der Waals surface area contributed by atoms with E-state index in [9.17, 15) is 13.5 Å².